The third-order valence-corrected chi connectivity index (χ3v) is 2.47. The van der Waals surface area contributed by atoms with Crippen molar-refractivity contribution in [1.82, 2.24) is 5.32 Å². The monoisotopic (exact) mass is 156 g/mol. The zero-order chi connectivity index (χ0) is 8.48. The van der Waals surface area contributed by atoms with Crippen molar-refractivity contribution in [2.45, 2.75) is 52.2 Å². The molecule has 0 amide bonds. The molecule has 0 bridgehead atoms. The molecular weight excluding hydrogens is 136 g/mol. The van der Waals surface area contributed by atoms with E-state index in [4.69, 9.17) is 5.73 Å². The van der Waals surface area contributed by atoms with E-state index in [0.717, 1.165) is 6.42 Å². The molecule has 1 rings (SSSR count). The minimum Gasteiger partial charge on any atom is -0.316 e. The van der Waals surface area contributed by atoms with Crippen LogP contribution in [0.1, 0.15) is 40.0 Å². The molecule has 0 aromatic rings. The zero-order valence-corrected chi connectivity index (χ0v) is 7.85. The Labute approximate surface area is 69.5 Å². The predicted octanol–water partition coefficient (Wildman–Crippen LogP) is 1.46. The van der Waals surface area contributed by atoms with E-state index < -0.39 is 0 Å². The lowest BCUT2D eigenvalue weighted by Gasteiger charge is -2.37. The molecule has 0 spiro atoms. The van der Waals surface area contributed by atoms with E-state index in [2.05, 4.69) is 26.1 Å². The van der Waals surface area contributed by atoms with Crippen LogP contribution in [-0.4, -0.2) is 12.2 Å². The second kappa shape index (κ2) is 3.11. The molecule has 1 fully saturated rings. The summed E-state index contributed by atoms with van der Waals surface area (Å²) in [5.41, 5.74) is 6.17. The van der Waals surface area contributed by atoms with E-state index in [0.29, 0.717) is 11.5 Å². The van der Waals surface area contributed by atoms with Crippen LogP contribution in [0.15, 0.2) is 0 Å². The maximum Gasteiger partial charge on any atom is 0.0548 e. The Morgan fingerprint density at radius 1 is 1.27 bits per heavy atom. The van der Waals surface area contributed by atoms with Gasteiger partial charge in [0.25, 0.3) is 0 Å². The van der Waals surface area contributed by atoms with Crippen molar-refractivity contribution >= 4 is 0 Å². The van der Waals surface area contributed by atoms with Gasteiger partial charge in [-0.3, -0.25) is 5.32 Å². The molecule has 1 heterocycles. The third kappa shape index (κ3) is 2.46. The molecule has 2 nitrogen and oxygen atoms in total. The van der Waals surface area contributed by atoms with Crippen LogP contribution < -0.4 is 11.1 Å². The van der Waals surface area contributed by atoms with Gasteiger partial charge in [-0.1, -0.05) is 20.8 Å². The van der Waals surface area contributed by atoms with Crippen molar-refractivity contribution in [3.63, 3.8) is 0 Å². The number of nitrogens with one attached hydrogen (secondary N) is 1. The highest BCUT2D eigenvalue weighted by atomic mass is 15.1. The summed E-state index contributed by atoms with van der Waals surface area (Å²) in [5.74, 6) is 0. The molecule has 3 N–H and O–H groups in total. The maximum atomic E-state index is 5.81. The molecule has 66 valence electrons. The molecule has 1 aliphatic rings. The fourth-order valence-corrected chi connectivity index (χ4v) is 1.65. The topological polar surface area (TPSA) is 38.0 Å². The largest absolute Gasteiger partial charge is 0.316 e. The first-order valence-electron chi connectivity index (χ1n) is 4.52. The standard InChI is InChI=1S/C9H20N2/c1-9(2,3)7-5-4-6-8(10)11-7/h7-8,11H,4-6,10H2,1-3H3. The molecule has 2 unspecified atom stereocenters. The summed E-state index contributed by atoms with van der Waals surface area (Å²) in [5, 5.41) is 3.43. The van der Waals surface area contributed by atoms with Crippen molar-refractivity contribution in [2.24, 2.45) is 11.1 Å². The molecule has 2 heteroatoms. The summed E-state index contributed by atoms with van der Waals surface area (Å²) >= 11 is 0. The molecular formula is C9H20N2. The molecule has 0 aromatic heterocycles. The van der Waals surface area contributed by atoms with Crippen molar-refractivity contribution in [3.8, 4) is 0 Å². The van der Waals surface area contributed by atoms with Gasteiger partial charge in [0, 0.05) is 6.04 Å². The summed E-state index contributed by atoms with van der Waals surface area (Å²) in [6, 6.07) is 0.603. The van der Waals surface area contributed by atoms with Crippen molar-refractivity contribution in [2.75, 3.05) is 0 Å². The van der Waals surface area contributed by atoms with Crippen LogP contribution in [0.3, 0.4) is 0 Å². The summed E-state index contributed by atoms with van der Waals surface area (Å²) in [7, 11) is 0. The van der Waals surface area contributed by atoms with Gasteiger partial charge in [0.1, 0.15) is 0 Å². The highest BCUT2D eigenvalue weighted by Gasteiger charge is 2.28. The number of nitrogens with two attached hydrogens (primary N) is 1. The number of rotatable bonds is 0. The molecule has 1 saturated heterocycles. The Balaban J connectivity index is 2.46. The third-order valence-electron chi connectivity index (χ3n) is 2.47. The van der Waals surface area contributed by atoms with Crippen molar-refractivity contribution in [3.05, 3.63) is 0 Å². The molecule has 0 radical (unpaired) electrons. The van der Waals surface area contributed by atoms with Crippen LogP contribution in [0, 0.1) is 5.41 Å². The first-order valence-corrected chi connectivity index (χ1v) is 4.52. The van der Waals surface area contributed by atoms with E-state index in [1.54, 1.807) is 0 Å². The summed E-state index contributed by atoms with van der Waals surface area (Å²) in [6.07, 6.45) is 3.91. The minimum absolute atomic E-state index is 0.230. The molecule has 0 aromatic carbocycles. The summed E-state index contributed by atoms with van der Waals surface area (Å²) in [4.78, 5) is 0. The first-order chi connectivity index (χ1) is 5.00. The molecule has 11 heavy (non-hydrogen) atoms. The molecule has 0 aliphatic carbocycles. The van der Waals surface area contributed by atoms with Gasteiger partial charge in [0.05, 0.1) is 6.17 Å². The summed E-state index contributed by atoms with van der Waals surface area (Å²) in [6.45, 7) is 6.80. The lowest BCUT2D eigenvalue weighted by Crippen LogP contribution is -2.52. The van der Waals surface area contributed by atoms with Crippen LogP contribution in [0.4, 0.5) is 0 Å². The van der Waals surface area contributed by atoms with Gasteiger partial charge in [0.15, 0.2) is 0 Å². The second-order valence-electron chi connectivity index (χ2n) is 4.62. The van der Waals surface area contributed by atoms with E-state index >= 15 is 0 Å². The van der Waals surface area contributed by atoms with Gasteiger partial charge in [-0.15, -0.1) is 0 Å². The lowest BCUT2D eigenvalue weighted by atomic mass is 9.81. The SMILES string of the molecule is CC(C)(C)C1CCCC(N)N1. The average Bonchev–Trinajstić information content (AvgIpc) is 1.86. The Bertz CT molecular complexity index is 126. The van der Waals surface area contributed by atoms with Crippen LogP contribution in [0.5, 0.6) is 0 Å². The lowest BCUT2D eigenvalue weighted by molar-refractivity contribution is 0.194. The first kappa shape index (κ1) is 9.01. The highest BCUT2D eigenvalue weighted by molar-refractivity contribution is 4.85. The van der Waals surface area contributed by atoms with E-state index in [9.17, 15) is 0 Å². The van der Waals surface area contributed by atoms with Crippen LogP contribution in [0.25, 0.3) is 0 Å². The highest BCUT2D eigenvalue weighted by Crippen LogP contribution is 2.26. The van der Waals surface area contributed by atoms with E-state index in [1.807, 2.05) is 0 Å². The van der Waals surface area contributed by atoms with E-state index in [1.165, 1.54) is 12.8 Å². The number of hydrogen-bond donors (Lipinski definition) is 2. The maximum absolute atomic E-state index is 5.81. The van der Waals surface area contributed by atoms with Gasteiger partial charge in [0.2, 0.25) is 0 Å². The Kier molecular flexibility index (Phi) is 2.55. The Hall–Kier alpha value is -0.0800. The second-order valence-corrected chi connectivity index (χ2v) is 4.62. The number of piperidine rings is 1. The van der Waals surface area contributed by atoms with E-state index in [-0.39, 0.29) is 6.17 Å². The van der Waals surface area contributed by atoms with Crippen LogP contribution >= 0.6 is 0 Å². The van der Waals surface area contributed by atoms with Gasteiger partial charge in [-0.05, 0) is 24.7 Å². The van der Waals surface area contributed by atoms with Gasteiger partial charge >= 0.3 is 0 Å². The number of hydrogen-bond acceptors (Lipinski definition) is 2. The van der Waals surface area contributed by atoms with Crippen molar-refractivity contribution in [1.29, 1.82) is 0 Å². The van der Waals surface area contributed by atoms with Crippen molar-refractivity contribution < 1.29 is 0 Å². The molecule has 0 saturated carbocycles. The predicted molar refractivity (Wildman–Crippen MR) is 48.2 cm³/mol. The molecule has 1 aliphatic heterocycles. The zero-order valence-electron chi connectivity index (χ0n) is 7.85. The quantitative estimate of drug-likeness (QED) is 0.557. The van der Waals surface area contributed by atoms with Crippen LogP contribution in [-0.2, 0) is 0 Å². The van der Waals surface area contributed by atoms with Crippen LogP contribution in [0.2, 0.25) is 0 Å². The normalized spacial score (nSPS) is 33.8. The fourth-order valence-electron chi connectivity index (χ4n) is 1.65. The fraction of sp³-hybridized carbons (Fsp3) is 1.00. The Morgan fingerprint density at radius 3 is 2.27 bits per heavy atom. The smallest absolute Gasteiger partial charge is 0.0548 e. The summed E-state index contributed by atoms with van der Waals surface area (Å²) < 4.78 is 0. The van der Waals surface area contributed by atoms with Gasteiger partial charge in [-0.25, -0.2) is 0 Å². The van der Waals surface area contributed by atoms with Gasteiger partial charge in [-0.2, -0.15) is 0 Å². The Morgan fingerprint density at radius 2 is 1.91 bits per heavy atom. The minimum atomic E-state index is 0.230. The van der Waals surface area contributed by atoms with Gasteiger partial charge < -0.3 is 5.73 Å². The molecule has 2 atom stereocenters. The average molecular weight is 156 g/mol.